The highest BCUT2D eigenvalue weighted by Crippen LogP contribution is 2.40. The normalized spacial score (nSPS) is 23.2. The molecule has 0 spiro atoms. The van der Waals surface area contributed by atoms with Crippen LogP contribution >= 0.6 is 23.1 Å². The van der Waals surface area contributed by atoms with Crippen molar-refractivity contribution in [1.29, 1.82) is 0 Å². The number of carbonyl (C=O) groups is 4. The lowest BCUT2D eigenvalue weighted by molar-refractivity contribution is -0.150. The molecule has 1 fully saturated rings. The van der Waals surface area contributed by atoms with Gasteiger partial charge in [-0.25, -0.2) is 9.59 Å². The monoisotopic (exact) mass is 424 g/mol. The summed E-state index contributed by atoms with van der Waals surface area (Å²) in [7, 11) is 0. The van der Waals surface area contributed by atoms with Crippen LogP contribution in [0.3, 0.4) is 0 Å². The zero-order chi connectivity index (χ0) is 20.3. The molecule has 0 radical (unpaired) electrons. The summed E-state index contributed by atoms with van der Waals surface area (Å²) < 4.78 is 0. The van der Waals surface area contributed by atoms with Crippen molar-refractivity contribution < 1.29 is 24.3 Å². The molecule has 1 saturated heterocycles. The maximum atomic E-state index is 12.4. The molecule has 3 heterocycles. The summed E-state index contributed by atoms with van der Waals surface area (Å²) in [6.07, 6.45) is 2.25. The first-order valence-corrected chi connectivity index (χ1v) is 10.5. The number of hydrogen-bond acceptors (Lipinski definition) is 6. The largest absolute Gasteiger partial charge is 0.477 e. The molecule has 150 valence electrons. The highest BCUT2D eigenvalue weighted by Gasteiger charge is 2.54. The van der Waals surface area contributed by atoms with Gasteiger partial charge in [-0.1, -0.05) is 13.0 Å². The Morgan fingerprint density at radius 2 is 2.07 bits per heavy atom. The third-order valence-electron chi connectivity index (χ3n) is 4.16. The van der Waals surface area contributed by atoms with Crippen LogP contribution < -0.4 is 16.0 Å². The number of carbonyl (C=O) groups excluding carboxylic acids is 3. The van der Waals surface area contributed by atoms with Crippen LogP contribution in [0.2, 0.25) is 0 Å². The van der Waals surface area contributed by atoms with Gasteiger partial charge in [0.1, 0.15) is 17.1 Å². The lowest BCUT2D eigenvalue weighted by Crippen LogP contribution is -2.71. The van der Waals surface area contributed by atoms with E-state index >= 15 is 0 Å². The molecule has 3 atom stereocenters. The minimum Gasteiger partial charge on any atom is -0.477 e. The van der Waals surface area contributed by atoms with Gasteiger partial charge in [0.15, 0.2) is 0 Å². The van der Waals surface area contributed by atoms with E-state index in [1.54, 1.807) is 0 Å². The number of carboxylic acids is 1. The number of aliphatic carboxylic acids is 1. The zero-order valence-corrected chi connectivity index (χ0v) is 16.6. The Hall–Kier alpha value is -2.53. The average molecular weight is 425 g/mol. The van der Waals surface area contributed by atoms with Gasteiger partial charge in [-0.05, 0) is 23.9 Å². The highest BCUT2D eigenvalue weighted by atomic mass is 32.2. The summed E-state index contributed by atoms with van der Waals surface area (Å²) in [6, 6.07) is 2.42. The number of rotatable bonds is 7. The predicted molar refractivity (Wildman–Crippen MR) is 105 cm³/mol. The van der Waals surface area contributed by atoms with Gasteiger partial charge in [0.25, 0.3) is 5.91 Å². The van der Waals surface area contributed by atoms with Crippen LogP contribution in [0.25, 0.3) is 0 Å². The molecule has 3 rings (SSSR count). The Morgan fingerprint density at radius 3 is 2.71 bits per heavy atom. The number of amides is 4. The molecule has 0 bridgehead atoms. The Kier molecular flexibility index (Phi) is 6.25. The summed E-state index contributed by atoms with van der Waals surface area (Å²) in [6.45, 7) is 2.41. The molecule has 0 aliphatic carbocycles. The van der Waals surface area contributed by atoms with Crippen molar-refractivity contribution in [3.63, 3.8) is 0 Å². The fourth-order valence-corrected chi connectivity index (χ4v) is 4.94. The summed E-state index contributed by atoms with van der Waals surface area (Å²) in [5, 5.41) is 18.1. The van der Waals surface area contributed by atoms with Gasteiger partial charge < -0.3 is 21.1 Å². The maximum Gasteiger partial charge on any atom is 0.352 e. The van der Waals surface area contributed by atoms with Gasteiger partial charge >= 0.3 is 12.0 Å². The van der Waals surface area contributed by atoms with Crippen molar-refractivity contribution in [2.75, 3.05) is 6.54 Å². The summed E-state index contributed by atoms with van der Waals surface area (Å²) in [4.78, 5) is 50.1. The number of thioether (sulfide) groups is 1. The van der Waals surface area contributed by atoms with E-state index < -0.39 is 34.7 Å². The number of carboxylic acid groups (broad SMARTS) is 1. The number of nitrogens with one attached hydrogen (secondary N) is 3. The smallest absolute Gasteiger partial charge is 0.352 e. The first-order chi connectivity index (χ1) is 13.4. The van der Waals surface area contributed by atoms with Crippen molar-refractivity contribution in [1.82, 2.24) is 20.9 Å². The van der Waals surface area contributed by atoms with E-state index in [9.17, 15) is 24.3 Å². The number of thiophene rings is 1. The molecule has 2 aliphatic heterocycles. The Balaban J connectivity index is 1.67. The van der Waals surface area contributed by atoms with Gasteiger partial charge in [0.2, 0.25) is 5.91 Å². The lowest BCUT2D eigenvalue weighted by Gasteiger charge is -2.49. The second kappa shape index (κ2) is 8.65. The van der Waals surface area contributed by atoms with Crippen molar-refractivity contribution in [2.24, 2.45) is 0 Å². The van der Waals surface area contributed by atoms with Crippen molar-refractivity contribution in [2.45, 2.75) is 36.6 Å². The molecule has 11 heteroatoms. The molecule has 4 amide bonds. The molecule has 2 aliphatic rings. The standard InChI is InChI=1S/C17H20N4O5S2/c1-2-5-18-17(26)20-12-8-10(16(24)25)21-14(23)13(15(21)28-12)19-11(22)7-9-4-3-6-27-9/h3-4,6,8,12-13,15H,2,5,7H2,1H3,(H,19,22)(H,24,25)(H2,18,20,26)/t12?,13?,15-/m1/s1. The van der Waals surface area contributed by atoms with Gasteiger partial charge in [-0.2, -0.15) is 0 Å². The van der Waals surface area contributed by atoms with Crippen LogP contribution in [0, 0.1) is 0 Å². The fraction of sp³-hybridized carbons (Fsp3) is 0.412. The van der Waals surface area contributed by atoms with Crippen LogP contribution in [0.15, 0.2) is 29.3 Å². The van der Waals surface area contributed by atoms with E-state index in [0.29, 0.717) is 6.54 Å². The zero-order valence-electron chi connectivity index (χ0n) is 15.0. The molecular formula is C17H20N4O5S2. The second-order valence-corrected chi connectivity index (χ2v) is 8.51. The van der Waals surface area contributed by atoms with Crippen molar-refractivity contribution >= 4 is 46.9 Å². The number of hydrogen-bond donors (Lipinski definition) is 4. The van der Waals surface area contributed by atoms with E-state index in [1.165, 1.54) is 29.2 Å². The van der Waals surface area contributed by atoms with Crippen molar-refractivity contribution in [3.05, 3.63) is 34.2 Å². The van der Waals surface area contributed by atoms with Crippen LogP contribution in [0.4, 0.5) is 4.79 Å². The van der Waals surface area contributed by atoms with Crippen molar-refractivity contribution in [3.8, 4) is 0 Å². The number of nitrogens with zero attached hydrogens (tertiary/aromatic N) is 1. The van der Waals surface area contributed by atoms with E-state index in [4.69, 9.17) is 0 Å². The summed E-state index contributed by atoms with van der Waals surface area (Å²) >= 11 is 2.65. The Labute approximate surface area is 169 Å². The third-order valence-corrected chi connectivity index (χ3v) is 6.34. The molecule has 0 aromatic carbocycles. The molecule has 1 aromatic heterocycles. The summed E-state index contributed by atoms with van der Waals surface area (Å²) in [5.41, 5.74) is -0.196. The molecule has 9 nitrogen and oxygen atoms in total. The van der Waals surface area contributed by atoms with E-state index in [2.05, 4.69) is 16.0 Å². The van der Waals surface area contributed by atoms with Crippen LogP contribution in [-0.2, 0) is 20.8 Å². The summed E-state index contributed by atoms with van der Waals surface area (Å²) in [5.74, 6) is -2.04. The number of fused-ring (bicyclic) bond motifs is 1. The lowest BCUT2D eigenvalue weighted by atomic mass is 10.0. The minimum atomic E-state index is -1.26. The van der Waals surface area contributed by atoms with E-state index in [1.807, 2.05) is 24.4 Å². The van der Waals surface area contributed by atoms with Crippen LogP contribution in [0.5, 0.6) is 0 Å². The average Bonchev–Trinajstić information content (AvgIpc) is 3.16. The fourth-order valence-electron chi connectivity index (χ4n) is 2.87. The Bertz CT molecular complexity index is 810. The van der Waals surface area contributed by atoms with Crippen LogP contribution in [-0.4, -0.2) is 57.2 Å². The Morgan fingerprint density at radius 1 is 1.29 bits per heavy atom. The molecular weight excluding hydrogens is 404 g/mol. The second-order valence-electron chi connectivity index (χ2n) is 6.21. The predicted octanol–water partition coefficient (Wildman–Crippen LogP) is 0.694. The first kappa shape index (κ1) is 20.2. The molecule has 0 saturated carbocycles. The first-order valence-electron chi connectivity index (χ1n) is 8.70. The quantitative estimate of drug-likeness (QED) is 0.477. The van der Waals surface area contributed by atoms with E-state index in [0.717, 1.165) is 16.2 Å². The third kappa shape index (κ3) is 4.30. The topological polar surface area (TPSA) is 128 Å². The maximum absolute atomic E-state index is 12.4. The number of β-lactam (4-membered cyclic amide) rings is 1. The molecule has 4 N–H and O–H groups in total. The molecule has 2 unspecified atom stereocenters. The molecule has 1 aromatic rings. The van der Waals surface area contributed by atoms with E-state index in [-0.39, 0.29) is 18.0 Å². The van der Waals surface area contributed by atoms with Gasteiger partial charge in [0.05, 0.1) is 11.8 Å². The SMILES string of the molecule is CCCNC(=O)NC1C=C(C(=O)O)N2C(=O)C(NC(=O)Cc3cccs3)[C@H]2S1. The number of urea groups is 1. The van der Waals surface area contributed by atoms with Gasteiger partial charge in [-0.15, -0.1) is 23.1 Å². The highest BCUT2D eigenvalue weighted by molar-refractivity contribution is 8.00. The van der Waals surface area contributed by atoms with Gasteiger partial charge in [0, 0.05) is 11.4 Å². The van der Waals surface area contributed by atoms with Gasteiger partial charge in [-0.3, -0.25) is 14.5 Å². The minimum absolute atomic E-state index is 0.154. The molecule has 28 heavy (non-hydrogen) atoms. The van der Waals surface area contributed by atoms with Crippen LogP contribution in [0.1, 0.15) is 18.2 Å².